The highest BCUT2D eigenvalue weighted by molar-refractivity contribution is 6.23. The molecule has 14 heteroatoms. The second-order valence-corrected chi connectivity index (χ2v) is 12.9. The quantitative estimate of drug-likeness (QED) is 0.165. The molecule has 0 aliphatic carbocycles. The fourth-order valence-corrected chi connectivity index (χ4v) is 6.99. The average Bonchev–Trinajstić information content (AvgIpc) is 3.36. The summed E-state index contributed by atoms with van der Waals surface area (Å²) in [5, 5.41) is 7.05. The molecule has 7 rings (SSSR count). The number of pyridine rings is 2. The number of nitrogens with zero attached hydrogens (tertiary/aromatic N) is 4. The molecule has 1 unspecified atom stereocenters. The highest BCUT2D eigenvalue weighted by atomic mass is 16.5. The van der Waals surface area contributed by atoms with Gasteiger partial charge in [-0.25, -0.2) is 0 Å². The van der Waals surface area contributed by atoms with Gasteiger partial charge in [0.15, 0.2) is 0 Å². The van der Waals surface area contributed by atoms with Crippen LogP contribution in [-0.4, -0.2) is 95.5 Å². The minimum Gasteiger partial charge on any atom is -0.496 e. The molecule has 1 atom stereocenters. The van der Waals surface area contributed by atoms with Crippen LogP contribution < -0.4 is 30.4 Å². The van der Waals surface area contributed by atoms with Crippen molar-refractivity contribution in [2.45, 2.75) is 38.0 Å². The fourth-order valence-electron chi connectivity index (χ4n) is 6.99. The van der Waals surface area contributed by atoms with Crippen LogP contribution in [0.5, 0.6) is 17.2 Å². The topological polar surface area (TPSA) is 161 Å². The maximum absolute atomic E-state index is 13.1. The minimum absolute atomic E-state index is 0.0538. The molecule has 4 aromatic rings. The first-order valence-electron chi connectivity index (χ1n) is 16.8. The van der Waals surface area contributed by atoms with Gasteiger partial charge >= 0.3 is 0 Å². The number of aromatic nitrogens is 2. The van der Waals surface area contributed by atoms with Gasteiger partial charge in [0, 0.05) is 62.8 Å². The number of fused-ring (bicyclic) bond motifs is 2. The highest BCUT2D eigenvalue weighted by Crippen LogP contribution is 2.37. The molecule has 0 radical (unpaired) electrons. The van der Waals surface area contributed by atoms with Crippen molar-refractivity contribution in [1.82, 2.24) is 30.0 Å². The van der Waals surface area contributed by atoms with E-state index in [1.807, 2.05) is 24.4 Å². The largest absolute Gasteiger partial charge is 0.496 e. The summed E-state index contributed by atoms with van der Waals surface area (Å²) in [4.78, 5) is 70.0. The molecule has 51 heavy (non-hydrogen) atoms. The fraction of sp³-hybridized carbons (Fsp3) is 0.351. The summed E-state index contributed by atoms with van der Waals surface area (Å²) in [5.41, 5.74) is 2.94. The van der Waals surface area contributed by atoms with Gasteiger partial charge in [0.1, 0.15) is 29.4 Å². The molecule has 2 aromatic carbocycles. The first-order valence-corrected chi connectivity index (χ1v) is 16.8. The molecular weight excluding hydrogens is 656 g/mol. The van der Waals surface area contributed by atoms with Crippen molar-refractivity contribution in [3.05, 3.63) is 82.0 Å². The van der Waals surface area contributed by atoms with E-state index in [1.54, 1.807) is 56.4 Å². The number of rotatable bonds is 12. The summed E-state index contributed by atoms with van der Waals surface area (Å²) in [7, 11) is 4.98. The second kappa shape index (κ2) is 14.0. The van der Waals surface area contributed by atoms with E-state index in [0.717, 1.165) is 59.6 Å². The van der Waals surface area contributed by atoms with Crippen molar-refractivity contribution >= 4 is 34.4 Å². The first-order chi connectivity index (χ1) is 24.7. The average molecular weight is 695 g/mol. The molecule has 3 aliphatic heterocycles. The van der Waals surface area contributed by atoms with Gasteiger partial charge in [0.2, 0.25) is 11.8 Å². The number of carbonyl (C=O) groups excluding carboxylic acids is 4. The number of imide groups is 2. The number of likely N-dealkylation sites (tertiary alicyclic amines) is 1. The molecule has 0 bridgehead atoms. The second-order valence-electron chi connectivity index (χ2n) is 12.9. The minimum atomic E-state index is -1.00. The van der Waals surface area contributed by atoms with Crippen LogP contribution in [0.1, 0.15) is 45.5 Å². The van der Waals surface area contributed by atoms with Crippen LogP contribution in [0.15, 0.2) is 59.8 Å². The summed E-state index contributed by atoms with van der Waals surface area (Å²) in [6.45, 7) is 3.62. The standard InChI is InChI=1S/C37H38N6O8/c1-41-20-29(24-9-11-39-16-27(24)35(41)46)21-13-31(49-2)28(32(14-21)50-3)17-38-10-4-12-42-18-23(19-42)51-22-5-6-25-26(15-22)37(48)43(36(25)47)30-7-8-33(44)40-34(30)45/h5-6,9,11,13-16,20,23,30,38H,4,7-8,10,12,17-19H2,1-3H3,(H,40,44,45). The maximum Gasteiger partial charge on any atom is 0.262 e. The predicted molar refractivity (Wildman–Crippen MR) is 186 cm³/mol. The molecule has 2 fully saturated rings. The Kier molecular flexibility index (Phi) is 9.27. The van der Waals surface area contributed by atoms with Gasteiger partial charge in [-0.05, 0) is 73.3 Å². The van der Waals surface area contributed by atoms with E-state index in [0.29, 0.717) is 29.2 Å². The third-order valence-corrected chi connectivity index (χ3v) is 9.67. The Labute approximate surface area is 293 Å². The predicted octanol–water partition coefficient (Wildman–Crippen LogP) is 2.26. The number of methoxy groups -OCH3 is 2. The smallest absolute Gasteiger partial charge is 0.262 e. The molecule has 14 nitrogen and oxygen atoms in total. The van der Waals surface area contributed by atoms with Gasteiger partial charge in [-0.15, -0.1) is 0 Å². The van der Waals surface area contributed by atoms with Crippen molar-refractivity contribution in [1.29, 1.82) is 0 Å². The third-order valence-electron chi connectivity index (χ3n) is 9.67. The third kappa shape index (κ3) is 6.43. The van der Waals surface area contributed by atoms with E-state index in [1.165, 1.54) is 0 Å². The van der Waals surface area contributed by atoms with Gasteiger partial charge in [-0.2, -0.15) is 0 Å². The Morgan fingerprint density at radius 1 is 0.922 bits per heavy atom. The van der Waals surface area contributed by atoms with E-state index in [9.17, 15) is 24.0 Å². The van der Waals surface area contributed by atoms with E-state index in [2.05, 4.69) is 20.5 Å². The number of ether oxygens (including phenoxy) is 3. The van der Waals surface area contributed by atoms with Gasteiger partial charge in [-0.1, -0.05) is 0 Å². The Bertz CT molecular complexity index is 2100. The lowest BCUT2D eigenvalue weighted by atomic mass is 9.99. The number of carbonyl (C=O) groups is 4. The van der Waals surface area contributed by atoms with Crippen LogP contribution in [0.3, 0.4) is 0 Å². The van der Waals surface area contributed by atoms with Crippen LogP contribution in [0.4, 0.5) is 0 Å². The Hall–Kier alpha value is -5.60. The normalized spacial score (nSPS) is 17.8. The summed E-state index contributed by atoms with van der Waals surface area (Å²) < 4.78 is 19.2. The molecule has 3 aliphatic rings. The van der Waals surface area contributed by atoms with E-state index < -0.39 is 29.7 Å². The summed E-state index contributed by atoms with van der Waals surface area (Å²) in [6.07, 6.45) is 6.11. The number of nitrogens with one attached hydrogen (secondary N) is 2. The number of amides is 4. The molecule has 5 heterocycles. The maximum atomic E-state index is 13.1. The number of benzene rings is 2. The number of piperidine rings is 1. The number of aryl methyl sites for hydroxylation is 1. The number of hydrogen-bond donors (Lipinski definition) is 2. The van der Waals surface area contributed by atoms with Crippen molar-refractivity contribution in [3.63, 3.8) is 0 Å². The summed E-state index contributed by atoms with van der Waals surface area (Å²) in [5.74, 6) is -0.302. The zero-order valence-electron chi connectivity index (χ0n) is 28.6. The van der Waals surface area contributed by atoms with Gasteiger partial charge in [0.25, 0.3) is 17.4 Å². The van der Waals surface area contributed by atoms with Gasteiger partial charge < -0.3 is 24.1 Å². The monoisotopic (exact) mass is 694 g/mol. The van der Waals surface area contributed by atoms with Crippen molar-refractivity contribution in [3.8, 4) is 28.4 Å². The molecule has 264 valence electrons. The van der Waals surface area contributed by atoms with Crippen LogP contribution >= 0.6 is 0 Å². The summed E-state index contributed by atoms with van der Waals surface area (Å²) >= 11 is 0. The van der Waals surface area contributed by atoms with Crippen molar-refractivity contribution < 1.29 is 33.4 Å². The lowest BCUT2D eigenvalue weighted by Crippen LogP contribution is -2.54. The zero-order chi connectivity index (χ0) is 35.8. The van der Waals surface area contributed by atoms with Gasteiger partial charge in [0.05, 0.1) is 30.7 Å². The van der Waals surface area contributed by atoms with Crippen LogP contribution in [-0.2, 0) is 23.2 Å². The van der Waals surface area contributed by atoms with Crippen molar-refractivity contribution in [2.24, 2.45) is 7.05 Å². The molecule has 2 aromatic heterocycles. The lowest BCUT2D eigenvalue weighted by molar-refractivity contribution is -0.136. The molecule has 2 N–H and O–H groups in total. The molecule has 2 saturated heterocycles. The zero-order valence-corrected chi connectivity index (χ0v) is 28.6. The first kappa shape index (κ1) is 33.9. The SMILES string of the molecule is COc1cc(-c2cn(C)c(=O)c3cnccc23)cc(OC)c1CNCCCN1CC(Oc2ccc3c(c2)C(=O)N(C2CCC(=O)NC2=O)C3=O)C1. The summed E-state index contributed by atoms with van der Waals surface area (Å²) in [6, 6.07) is 9.54. The Morgan fingerprint density at radius 2 is 1.67 bits per heavy atom. The van der Waals surface area contributed by atoms with E-state index in [4.69, 9.17) is 14.2 Å². The Morgan fingerprint density at radius 3 is 2.39 bits per heavy atom. The highest BCUT2D eigenvalue weighted by Gasteiger charge is 2.45. The van der Waals surface area contributed by atoms with E-state index >= 15 is 0 Å². The van der Waals surface area contributed by atoms with Crippen LogP contribution in [0.2, 0.25) is 0 Å². The molecule has 4 amide bonds. The van der Waals surface area contributed by atoms with Crippen LogP contribution in [0.25, 0.3) is 21.9 Å². The Balaban J connectivity index is 0.902. The molecule has 0 saturated carbocycles. The van der Waals surface area contributed by atoms with Gasteiger partial charge in [-0.3, -0.25) is 44.1 Å². The van der Waals surface area contributed by atoms with Crippen molar-refractivity contribution in [2.75, 3.05) is 40.4 Å². The molecular formula is C37H38N6O8. The van der Waals surface area contributed by atoms with Crippen LogP contribution in [0, 0.1) is 0 Å². The van der Waals surface area contributed by atoms with E-state index in [-0.39, 0.29) is 35.6 Å². The number of hydrogen-bond acceptors (Lipinski definition) is 11. The lowest BCUT2D eigenvalue weighted by Gasteiger charge is -2.39. The molecule has 0 spiro atoms.